The van der Waals surface area contributed by atoms with E-state index in [0.717, 1.165) is 23.3 Å². The molecular formula is C19H15F3N2O. The summed E-state index contributed by atoms with van der Waals surface area (Å²) >= 11 is 0. The molecule has 2 N–H and O–H groups in total. The summed E-state index contributed by atoms with van der Waals surface area (Å²) < 4.78 is 43.3. The van der Waals surface area contributed by atoms with Gasteiger partial charge >= 0.3 is 6.18 Å². The van der Waals surface area contributed by atoms with Crippen LogP contribution in [-0.4, -0.2) is 4.98 Å². The molecule has 128 valence electrons. The molecule has 6 heteroatoms. The van der Waals surface area contributed by atoms with Gasteiger partial charge < -0.3 is 10.5 Å². The molecule has 0 aliphatic rings. The van der Waals surface area contributed by atoms with E-state index < -0.39 is 11.7 Å². The highest BCUT2D eigenvalue weighted by atomic mass is 19.4. The molecule has 3 rings (SSSR count). The van der Waals surface area contributed by atoms with Gasteiger partial charge in [-0.05, 0) is 53.9 Å². The van der Waals surface area contributed by atoms with Crippen LogP contribution in [-0.2, 0) is 12.6 Å². The largest absolute Gasteiger partial charge is 0.439 e. The van der Waals surface area contributed by atoms with Gasteiger partial charge in [-0.3, -0.25) is 0 Å². The summed E-state index contributed by atoms with van der Waals surface area (Å²) in [5.74, 6) is 1.05. The minimum Gasteiger partial charge on any atom is -0.439 e. The van der Waals surface area contributed by atoms with Gasteiger partial charge in [-0.25, -0.2) is 4.98 Å². The monoisotopic (exact) mass is 344 g/mol. The van der Waals surface area contributed by atoms with Crippen molar-refractivity contribution in [3.63, 3.8) is 0 Å². The topological polar surface area (TPSA) is 48.1 Å². The number of nitrogens with two attached hydrogens (primary N) is 1. The van der Waals surface area contributed by atoms with Crippen molar-refractivity contribution < 1.29 is 17.9 Å². The third-order valence-electron chi connectivity index (χ3n) is 3.59. The predicted octanol–water partition coefficient (Wildman–Crippen LogP) is 5.07. The van der Waals surface area contributed by atoms with Crippen LogP contribution >= 0.6 is 0 Å². The molecule has 25 heavy (non-hydrogen) atoms. The van der Waals surface area contributed by atoms with Crippen molar-refractivity contribution in [3.05, 3.63) is 83.6 Å². The standard InChI is InChI=1S/C19H15F3N2O/c20-19(21,22)15-4-1-13(2-5-15)11-14-3-10-18(24-12-14)25-17-8-6-16(23)7-9-17/h1-10,12H,11,23H2. The van der Waals surface area contributed by atoms with E-state index in [0.29, 0.717) is 23.7 Å². The van der Waals surface area contributed by atoms with Gasteiger partial charge in [0.05, 0.1) is 5.56 Å². The van der Waals surface area contributed by atoms with Crippen molar-refractivity contribution in [1.29, 1.82) is 0 Å². The summed E-state index contributed by atoms with van der Waals surface area (Å²) in [6.45, 7) is 0. The van der Waals surface area contributed by atoms with Crippen molar-refractivity contribution in [2.45, 2.75) is 12.6 Å². The number of ether oxygens (including phenoxy) is 1. The summed E-state index contributed by atoms with van der Waals surface area (Å²) in [5, 5.41) is 0. The summed E-state index contributed by atoms with van der Waals surface area (Å²) in [4.78, 5) is 4.22. The van der Waals surface area contributed by atoms with E-state index in [1.165, 1.54) is 12.1 Å². The van der Waals surface area contributed by atoms with E-state index in [-0.39, 0.29) is 0 Å². The third kappa shape index (κ3) is 4.50. The fraction of sp³-hybridized carbons (Fsp3) is 0.105. The van der Waals surface area contributed by atoms with Crippen LogP contribution in [0, 0.1) is 0 Å². The highest BCUT2D eigenvalue weighted by molar-refractivity contribution is 5.42. The quantitative estimate of drug-likeness (QED) is 0.673. The lowest BCUT2D eigenvalue weighted by molar-refractivity contribution is -0.137. The van der Waals surface area contributed by atoms with E-state index in [1.54, 1.807) is 36.5 Å². The second kappa shape index (κ2) is 6.84. The van der Waals surface area contributed by atoms with Gasteiger partial charge in [0.2, 0.25) is 5.88 Å². The fourth-order valence-corrected chi connectivity index (χ4v) is 2.28. The molecule has 3 aromatic rings. The summed E-state index contributed by atoms with van der Waals surface area (Å²) in [5.41, 5.74) is 7.27. The van der Waals surface area contributed by atoms with E-state index in [4.69, 9.17) is 10.5 Å². The number of nitrogen functional groups attached to an aromatic ring is 1. The average Bonchev–Trinajstić information content (AvgIpc) is 2.58. The Bertz CT molecular complexity index is 827. The summed E-state index contributed by atoms with van der Waals surface area (Å²) in [6.07, 6.45) is -2.18. The first-order valence-corrected chi connectivity index (χ1v) is 7.54. The second-order valence-corrected chi connectivity index (χ2v) is 5.55. The van der Waals surface area contributed by atoms with E-state index in [9.17, 15) is 13.2 Å². The summed E-state index contributed by atoms with van der Waals surface area (Å²) in [6, 6.07) is 15.6. The lowest BCUT2D eigenvalue weighted by atomic mass is 10.0. The molecule has 0 aliphatic carbocycles. The van der Waals surface area contributed by atoms with Crippen molar-refractivity contribution in [2.75, 3.05) is 5.73 Å². The molecule has 0 atom stereocenters. The van der Waals surface area contributed by atoms with E-state index in [1.807, 2.05) is 6.07 Å². The maximum atomic E-state index is 12.6. The molecule has 0 radical (unpaired) electrons. The lowest BCUT2D eigenvalue weighted by Gasteiger charge is -2.08. The fourth-order valence-electron chi connectivity index (χ4n) is 2.28. The van der Waals surface area contributed by atoms with Crippen molar-refractivity contribution in [3.8, 4) is 11.6 Å². The molecule has 0 unspecified atom stereocenters. The molecular weight excluding hydrogens is 329 g/mol. The van der Waals surface area contributed by atoms with E-state index >= 15 is 0 Å². The number of nitrogens with zero attached hydrogens (tertiary/aromatic N) is 1. The Balaban J connectivity index is 1.65. The molecule has 0 saturated carbocycles. The maximum absolute atomic E-state index is 12.6. The van der Waals surface area contributed by atoms with Crippen LogP contribution in [0.3, 0.4) is 0 Å². The predicted molar refractivity (Wildman–Crippen MR) is 89.4 cm³/mol. The molecule has 1 heterocycles. The maximum Gasteiger partial charge on any atom is 0.416 e. The minimum atomic E-state index is -4.32. The first kappa shape index (κ1) is 16.8. The number of aromatic nitrogens is 1. The Labute approximate surface area is 142 Å². The van der Waals surface area contributed by atoms with Crippen LogP contribution in [0.1, 0.15) is 16.7 Å². The number of hydrogen-bond acceptors (Lipinski definition) is 3. The highest BCUT2D eigenvalue weighted by Gasteiger charge is 2.29. The number of halogens is 3. The number of pyridine rings is 1. The molecule has 0 aliphatic heterocycles. The molecule has 0 saturated heterocycles. The average molecular weight is 344 g/mol. The van der Waals surface area contributed by atoms with Crippen LogP contribution in [0.5, 0.6) is 11.6 Å². The van der Waals surface area contributed by atoms with Crippen LogP contribution in [0.15, 0.2) is 66.9 Å². The zero-order valence-electron chi connectivity index (χ0n) is 13.1. The van der Waals surface area contributed by atoms with Gasteiger partial charge in [0, 0.05) is 18.0 Å². The Kier molecular flexibility index (Phi) is 4.61. The second-order valence-electron chi connectivity index (χ2n) is 5.55. The summed E-state index contributed by atoms with van der Waals surface area (Å²) in [7, 11) is 0. The molecule has 3 nitrogen and oxygen atoms in total. The molecule has 0 amide bonds. The SMILES string of the molecule is Nc1ccc(Oc2ccc(Cc3ccc(C(F)(F)F)cc3)cn2)cc1. The molecule has 0 fully saturated rings. The van der Waals surface area contributed by atoms with Crippen molar-refractivity contribution >= 4 is 5.69 Å². The van der Waals surface area contributed by atoms with Crippen LogP contribution < -0.4 is 10.5 Å². The normalized spacial score (nSPS) is 11.3. The molecule has 0 bridgehead atoms. The number of hydrogen-bond donors (Lipinski definition) is 1. The highest BCUT2D eigenvalue weighted by Crippen LogP contribution is 2.29. The molecule has 0 spiro atoms. The van der Waals surface area contributed by atoms with Crippen molar-refractivity contribution in [2.24, 2.45) is 0 Å². The first-order chi connectivity index (χ1) is 11.9. The van der Waals surface area contributed by atoms with Crippen LogP contribution in [0.4, 0.5) is 18.9 Å². The number of rotatable bonds is 4. The Morgan fingerprint density at radius 3 is 2.04 bits per heavy atom. The van der Waals surface area contributed by atoms with Gasteiger partial charge in [-0.1, -0.05) is 18.2 Å². The number of alkyl halides is 3. The third-order valence-corrected chi connectivity index (χ3v) is 3.59. The van der Waals surface area contributed by atoms with Gasteiger partial charge in [0.15, 0.2) is 0 Å². The van der Waals surface area contributed by atoms with Gasteiger partial charge in [-0.15, -0.1) is 0 Å². The molecule has 1 aromatic heterocycles. The number of benzene rings is 2. The van der Waals surface area contributed by atoms with Gasteiger partial charge in [-0.2, -0.15) is 13.2 Å². The van der Waals surface area contributed by atoms with Crippen LogP contribution in [0.25, 0.3) is 0 Å². The lowest BCUT2D eigenvalue weighted by Crippen LogP contribution is -2.04. The van der Waals surface area contributed by atoms with Crippen LogP contribution in [0.2, 0.25) is 0 Å². The zero-order valence-corrected chi connectivity index (χ0v) is 13.1. The Hall–Kier alpha value is -3.02. The minimum absolute atomic E-state index is 0.431. The molecule has 2 aromatic carbocycles. The van der Waals surface area contributed by atoms with Gasteiger partial charge in [0.1, 0.15) is 5.75 Å². The van der Waals surface area contributed by atoms with E-state index in [2.05, 4.69) is 4.98 Å². The Morgan fingerprint density at radius 1 is 0.840 bits per heavy atom. The Morgan fingerprint density at radius 2 is 1.48 bits per heavy atom. The zero-order chi connectivity index (χ0) is 17.9. The van der Waals surface area contributed by atoms with Gasteiger partial charge in [0.25, 0.3) is 0 Å². The number of anilines is 1. The smallest absolute Gasteiger partial charge is 0.416 e. The van der Waals surface area contributed by atoms with Crippen molar-refractivity contribution in [1.82, 2.24) is 4.98 Å². The first-order valence-electron chi connectivity index (χ1n) is 7.54.